The summed E-state index contributed by atoms with van der Waals surface area (Å²) in [5.74, 6) is 0.929. The van der Waals surface area contributed by atoms with Crippen LogP contribution >= 0.6 is 11.3 Å². The fourth-order valence-corrected chi connectivity index (χ4v) is 6.45. The molecule has 1 atom stereocenters. The average molecular weight is 635 g/mol. The van der Waals surface area contributed by atoms with Crippen molar-refractivity contribution in [2.75, 3.05) is 13.7 Å². The lowest BCUT2D eigenvalue weighted by Crippen LogP contribution is -2.40. The van der Waals surface area contributed by atoms with Gasteiger partial charge in [-0.05, 0) is 87.9 Å². The topological polar surface area (TPSA) is 96.9 Å². The van der Waals surface area contributed by atoms with Crippen LogP contribution in [0.4, 0.5) is 0 Å². The van der Waals surface area contributed by atoms with Crippen molar-refractivity contribution in [3.63, 3.8) is 0 Å². The molecule has 46 heavy (non-hydrogen) atoms. The highest BCUT2D eigenvalue weighted by molar-refractivity contribution is 7.07. The summed E-state index contributed by atoms with van der Waals surface area (Å²) in [6, 6.07) is 24.2. The van der Waals surface area contributed by atoms with Gasteiger partial charge < -0.3 is 14.2 Å². The maximum atomic E-state index is 14.3. The van der Waals surface area contributed by atoms with Gasteiger partial charge in [0.25, 0.3) is 5.56 Å². The Hall–Kier alpha value is -5.22. The van der Waals surface area contributed by atoms with Crippen LogP contribution in [0.2, 0.25) is 0 Å². The Morgan fingerprint density at radius 1 is 1.00 bits per heavy atom. The summed E-state index contributed by atoms with van der Waals surface area (Å²) < 4.78 is 20.5. The predicted octanol–water partition coefficient (Wildman–Crippen LogP) is 5.45. The SMILES string of the molecule is CCOc1ccc(-c2nn(-c3ccccc3)cc2/C=c2\sc3n(c2=O)[C@@H](c2ccc(OC)cc2)C(C(=O)OC(C)C)=C(C)N=3)cc1. The smallest absolute Gasteiger partial charge is 0.338 e. The van der Waals surface area contributed by atoms with E-state index in [0.717, 1.165) is 28.1 Å². The van der Waals surface area contributed by atoms with Crippen LogP contribution < -0.4 is 24.4 Å². The molecule has 0 bridgehead atoms. The van der Waals surface area contributed by atoms with E-state index in [1.807, 2.05) is 98.1 Å². The zero-order valence-electron chi connectivity index (χ0n) is 26.3. The van der Waals surface area contributed by atoms with Gasteiger partial charge in [0, 0.05) is 17.3 Å². The second kappa shape index (κ2) is 13.0. The highest BCUT2D eigenvalue weighted by Gasteiger charge is 2.34. The summed E-state index contributed by atoms with van der Waals surface area (Å²) in [6.45, 7) is 7.88. The molecule has 3 heterocycles. The lowest BCUT2D eigenvalue weighted by atomic mass is 9.96. The molecule has 0 fully saturated rings. The number of rotatable bonds is 9. The van der Waals surface area contributed by atoms with E-state index in [0.29, 0.717) is 38.7 Å². The summed E-state index contributed by atoms with van der Waals surface area (Å²) in [4.78, 5) is 33.0. The van der Waals surface area contributed by atoms with Crippen molar-refractivity contribution in [2.45, 2.75) is 39.8 Å². The number of thiazole rings is 1. The van der Waals surface area contributed by atoms with Gasteiger partial charge in [-0.3, -0.25) is 9.36 Å². The molecule has 5 aromatic rings. The van der Waals surface area contributed by atoms with Crippen LogP contribution in [-0.4, -0.2) is 40.1 Å². The fraction of sp³-hybridized carbons (Fsp3) is 0.222. The van der Waals surface area contributed by atoms with Crippen LogP contribution in [-0.2, 0) is 9.53 Å². The molecule has 0 unspecified atom stereocenters. The Morgan fingerprint density at radius 2 is 1.70 bits per heavy atom. The van der Waals surface area contributed by atoms with E-state index in [2.05, 4.69) is 0 Å². The minimum absolute atomic E-state index is 0.267. The van der Waals surface area contributed by atoms with Crippen molar-refractivity contribution in [1.82, 2.24) is 14.3 Å². The Morgan fingerprint density at radius 3 is 2.35 bits per heavy atom. The summed E-state index contributed by atoms with van der Waals surface area (Å²) in [7, 11) is 1.59. The second-order valence-electron chi connectivity index (χ2n) is 11.0. The van der Waals surface area contributed by atoms with E-state index in [9.17, 15) is 9.59 Å². The summed E-state index contributed by atoms with van der Waals surface area (Å²) in [6.07, 6.45) is 3.42. The standard InChI is InChI=1S/C36H34N4O5S/c1-6-44-29-18-12-24(13-19-29)32-26(21-39(38-32)27-10-8-7-9-11-27)20-30-34(41)40-33(25-14-16-28(43-5)17-15-25)31(35(42)45-22(2)3)23(4)37-36(40)46-30/h7-22,33H,6H2,1-5H3/b30-20-/t33-/m0/s1. The van der Waals surface area contributed by atoms with E-state index in [4.69, 9.17) is 24.3 Å². The molecule has 1 aliphatic rings. The van der Waals surface area contributed by atoms with Gasteiger partial charge in [-0.25, -0.2) is 14.5 Å². The van der Waals surface area contributed by atoms with Crippen molar-refractivity contribution in [3.05, 3.63) is 127 Å². The number of allylic oxidation sites excluding steroid dienone is 1. The number of carbonyl (C=O) groups is 1. The molecule has 0 aliphatic carbocycles. The highest BCUT2D eigenvalue weighted by Crippen LogP contribution is 2.32. The van der Waals surface area contributed by atoms with Crippen molar-refractivity contribution < 1.29 is 19.0 Å². The van der Waals surface area contributed by atoms with E-state index in [1.165, 1.54) is 11.3 Å². The van der Waals surface area contributed by atoms with Crippen LogP contribution in [0, 0.1) is 0 Å². The van der Waals surface area contributed by atoms with Crippen molar-refractivity contribution in [2.24, 2.45) is 4.99 Å². The molecular weight excluding hydrogens is 600 g/mol. The van der Waals surface area contributed by atoms with Crippen LogP contribution in [0.25, 0.3) is 23.0 Å². The Kier molecular flexibility index (Phi) is 8.72. The van der Waals surface area contributed by atoms with E-state index in [-0.39, 0.29) is 11.7 Å². The molecule has 234 valence electrons. The minimum atomic E-state index is -0.729. The lowest BCUT2D eigenvalue weighted by molar-refractivity contribution is -0.143. The van der Waals surface area contributed by atoms with Crippen LogP contribution in [0.3, 0.4) is 0 Å². The third-order valence-corrected chi connectivity index (χ3v) is 8.49. The predicted molar refractivity (Wildman–Crippen MR) is 178 cm³/mol. The zero-order chi connectivity index (χ0) is 32.4. The number of methoxy groups -OCH3 is 1. The molecule has 0 saturated heterocycles. The number of hydrogen-bond donors (Lipinski definition) is 0. The highest BCUT2D eigenvalue weighted by atomic mass is 32.1. The second-order valence-corrected chi connectivity index (χ2v) is 12.0. The molecule has 3 aromatic carbocycles. The molecule has 6 rings (SSSR count). The lowest BCUT2D eigenvalue weighted by Gasteiger charge is -2.25. The summed E-state index contributed by atoms with van der Waals surface area (Å²) in [5.41, 5.74) is 4.54. The normalized spacial score (nSPS) is 14.7. The monoisotopic (exact) mass is 634 g/mol. The average Bonchev–Trinajstić information content (AvgIpc) is 3.61. The quantitative estimate of drug-likeness (QED) is 0.200. The minimum Gasteiger partial charge on any atom is -0.497 e. The first-order valence-electron chi connectivity index (χ1n) is 15.0. The van der Waals surface area contributed by atoms with Gasteiger partial charge in [-0.15, -0.1) is 0 Å². The van der Waals surface area contributed by atoms with Gasteiger partial charge in [0.15, 0.2) is 4.80 Å². The molecular formula is C36H34N4O5S. The number of para-hydroxylation sites is 1. The first-order chi connectivity index (χ1) is 22.3. The molecule has 1 aliphatic heterocycles. The maximum Gasteiger partial charge on any atom is 0.338 e. The molecule has 0 N–H and O–H groups in total. The number of hydrogen-bond acceptors (Lipinski definition) is 8. The molecule has 10 heteroatoms. The van der Waals surface area contributed by atoms with Crippen molar-refractivity contribution in [3.8, 4) is 28.4 Å². The number of ether oxygens (including phenoxy) is 3. The number of esters is 1. The Balaban J connectivity index is 1.53. The number of fused-ring (bicyclic) bond motifs is 1. The van der Waals surface area contributed by atoms with Crippen LogP contribution in [0.1, 0.15) is 44.9 Å². The molecule has 0 saturated carbocycles. The van der Waals surface area contributed by atoms with Crippen LogP contribution in [0.15, 0.2) is 106 Å². The fourth-order valence-electron chi connectivity index (χ4n) is 5.41. The van der Waals surface area contributed by atoms with Crippen molar-refractivity contribution >= 4 is 23.4 Å². The van der Waals surface area contributed by atoms with Gasteiger partial charge in [-0.2, -0.15) is 5.10 Å². The van der Waals surface area contributed by atoms with Gasteiger partial charge in [-0.1, -0.05) is 41.7 Å². The Labute approximate surface area is 270 Å². The molecule has 0 spiro atoms. The number of carbonyl (C=O) groups excluding carboxylic acids is 1. The molecule has 9 nitrogen and oxygen atoms in total. The molecule has 2 aromatic heterocycles. The summed E-state index contributed by atoms with van der Waals surface area (Å²) >= 11 is 1.27. The number of benzene rings is 3. The molecule has 0 radical (unpaired) electrons. The largest absolute Gasteiger partial charge is 0.497 e. The molecule has 0 amide bonds. The van der Waals surface area contributed by atoms with Crippen LogP contribution in [0.5, 0.6) is 11.5 Å². The van der Waals surface area contributed by atoms with E-state index < -0.39 is 12.0 Å². The van der Waals surface area contributed by atoms with Crippen molar-refractivity contribution in [1.29, 1.82) is 0 Å². The van der Waals surface area contributed by atoms with E-state index >= 15 is 0 Å². The Bertz CT molecular complexity index is 2090. The van der Waals surface area contributed by atoms with Gasteiger partial charge in [0.05, 0.1) is 47.4 Å². The first kappa shape index (κ1) is 30.8. The summed E-state index contributed by atoms with van der Waals surface area (Å²) in [5, 5.41) is 4.92. The van der Waals surface area contributed by atoms with Gasteiger partial charge in [0.1, 0.15) is 17.2 Å². The number of aromatic nitrogens is 3. The number of nitrogens with zero attached hydrogens (tertiary/aromatic N) is 4. The third-order valence-electron chi connectivity index (χ3n) is 7.50. The van der Waals surface area contributed by atoms with Gasteiger partial charge >= 0.3 is 5.97 Å². The van der Waals surface area contributed by atoms with E-state index in [1.54, 1.807) is 37.1 Å². The first-order valence-corrected chi connectivity index (χ1v) is 15.8. The zero-order valence-corrected chi connectivity index (χ0v) is 27.1. The van der Waals surface area contributed by atoms with Gasteiger partial charge in [0.2, 0.25) is 0 Å². The third kappa shape index (κ3) is 6.03. The maximum absolute atomic E-state index is 14.3.